The third-order valence-corrected chi connectivity index (χ3v) is 13.1. The highest BCUT2D eigenvalue weighted by Crippen LogP contribution is 2.16. The molecule has 0 unspecified atom stereocenters. The Kier molecular flexibility index (Phi) is 24.2. The number of hydrogen-bond donors (Lipinski definition) is 8. The van der Waals surface area contributed by atoms with Crippen LogP contribution in [0.1, 0.15) is 77.8 Å². The van der Waals surface area contributed by atoms with Crippen molar-refractivity contribution in [1.82, 2.24) is 73.8 Å². The monoisotopic (exact) mass is 1210 g/mol. The highest BCUT2D eigenvalue weighted by molar-refractivity contribution is 6.04. The Morgan fingerprint density at radius 2 is 0.989 bits per heavy atom. The molecule has 0 atom stereocenters. The Morgan fingerprint density at radius 1 is 0.483 bits per heavy atom. The van der Waals surface area contributed by atoms with Crippen molar-refractivity contribution in [2.75, 3.05) is 120 Å². The van der Waals surface area contributed by atoms with Crippen molar-refractivity contribution in [2.45, 2.75) is 25.9 Å². The van der Waals surface area contributed by atoms with Gasteiger partial charge in [-0.1, -0.05) is 30.3 Å². The van der Waals surface area contributed by atoms with E-state index in [1.807, 2.05) is 30.3 Å². The first-order valence-electron chi connectivity index (χ1n) is 27.9. The molecule has 466 valence electrons. The minimum atomic E-state index is -0.698. The molecule has 9 amide bonds. The second-order valence-corrected chi connectivity index (χ2v) is 19.8. The average Bonchev–Trinajstić information content (AvgIpc) is 3.99. The minimum absolute atomic E-state index is 0.00367. The van der Waals surface area contributed by atoms with E-state index < -0.39 is 41.4 Å². The maximum Gasteiger partial charge on any atom is 0.410 e. The summed E-state index contributed by atoms with van der Waals surface area (Å²) >= 11 is 0. The van der Waals surface area contributed by atoms with Crippen LogP contribution < -0.4 is 42.5 Å². The van der Waals surface area contributed by atoms with Gasteiger partial charge in [-0.3, -0.25) is 43.3 Å². The van der Waals surface area contributed by atoms with E-state index in [1.165, 1.54) is 63.2 Å². The van der Waals surface area contributed by atoms with Crippen LogP contribution in [-0.2, 0) is 75.2 Å². The number of carbonyl (C=O) groups excluding carboxylic acids is 9. The fraction of sp³-hybridized carbons (Fsp3) is 0.436. The molecule has 5 aromatic heterocycles. The van der Waals surface area contributed by atoms with Crippen LogP contribution in [0.4, 0.5) is 27.9 Å². The number of anilines is 4. The van der Waals surface area contributed by atoms with E-state index in [0.717, 1.165) is 25.2 Å². The molecule has 87 heavy (non-hydrogen) atoms. The average molecular weight is 1210 g/mol. The summed E-state index contributed by atoms with van der Waals surface area (Å²) in [5.74, 6) is -3.94. The van der Waals surface area contributed by atoms with E-state index in [-0.39, 0.29) is 117 Å². The zero-order chi connectivity index (χ0) is 62.2. The number of imidazole rings is 4. The molecule has 0 saturated carbocycles. The lowest BCUT2D eigenvalue weighted by Gasteiger charge is -2.33. The van der Waals surface area contributed by atoms with Gasteiger partial charge in [-0.15, -0.1) is 0 Å². The van der Waals surface area contributed by atoms with E-state index in [4.69, 9.17) is 18.9 Å². The van der Waals surface area contributed by atoms with Gasteiger partial charge >= 0.3 is 6.09 Å². The molecule has 0 aliphatic carbocycles. The van der Waals surface area contributed by atoms with Crippen LogP contribution in [0.25, 0.3) is 0 Å². The molecule has 1 aliphatic rings. The number of amides is 9. The lowest BCUT2D eigenvalue weighted by atomic mass is 10.2. The summed E-state index contributed by atoms with van der Waals surface area (Å²) < 4.78 is 29.5. The Labute approximate surface area is 500 Å². The zero-order valence-corrected chi connectivity index (χ0v) is 49.1. The Morgan fingerprint density at radius 3 is 1.55 bits per heavy atom. The van der Waals surface area contributed by atoms with Crippen LogP contribution in [0.5, 0.6) is 0 Å². The van der Waals surface area contributed by atoms with Crippen LogP contribution in [0, 0.1) is 0 Å². The second-order valence-electron chi connectivity index (χ2n) is 19.8. The molecule has 1 saturated heterocycles. The van der Waals surface area contributed by atoms with Crippen molar-refractivity contribution >= 4 is 76.5 Å². The number of rotatable bonds is 32. The van der Waals surface area contributed by atoms with Gasteiger partial charge in [0, 0.05) is 151 Å². The van der Waals surface area contributed by atoms with E-state index in [9.17, 15) is 43.2 Å². The van der Waals surface area contributed by atoms with Gasteiger partial charge in [0.05, 0.1) is 45.3 Å². The number of benzene rings is 1. The third-order valence-electron chi connectivity index (χ3n) is 13.1. The van der Waals surface area contributed by atoms with Crippen LogP contribution in [0.15, 0.2) is 73.6 Å². The molecule has 6 aromatic rings. The highest BCUT2D eigenvalue weighted by Gasteiger charge is 2.24. The number of nitrogens with zero attached hydrogens (tertiary/aromatic N) is 11. The van der Waals surface area contributed by atoms with Crippen LogP contribution in [-0.4, -0.2) is 204 Å². The summed E-state index contributed by atoms with van der Waals surface area (Å²) in [4.78, 5) is 135. The van der Waals surface area contributed by atoms with E-state index in [1.54, 1.807) is 43.0 Å². The zero-order valence-electron chi connectivity index (χ0n) is 49.1. The number of aryl methyl sites for hydroxylation is 5. The Hall–Kier alpha value is -9.79. The standard InChI is InChI=1S/C55H73N19O13/c1-68-19-17-57-46(68)53(81)61-38-31-39(69(2)32-38)50(78)58-15-12-44(76)63-41-34-72(5)49(65-41)54(82)67-42-35-71(4)48(66-42)52(80)60-16-13-45(77)62-40-33-70(3)47(64-40)51(79)59-14-11-43(75)56-18-25-84-27-29-86-30-28-85-26-24-73-20-22-74(23-21-73)55(83)87-36-37-9-7-6-8-10-37/h6-10,17,19,31-35H,11-16,18,20-30,36H2,1-5H3,(H,56,75)(H,58,78)(H,59,79)(H,60,80)(H,61,81)(H,62,77)(H,63,76)(H,67,82). The molecule has 1 aromatic carbocycles. The molecule has 1 aliphatic heterocycles. The molecule has 0 spiro atoms. The molecule has 32 nitrogen and oxygen atoms in total. The predicted molar refractivity (Wildman–Crippen MR) is 312 cm³/mol. The summed E-state index contributed by atoms with van der Waals surface area (Å²) in [6, 6.07) is 11.1. The third kappa shape index (κ3) is 20.2. The fourth-order valence-corrected chi connectivity index (χ4v) is 8.59. The quantitative estimate of drug-likeness (QED) is 0.0262. The summed E-state index contributed by atoms with van der Waals surface area (Å²) in [6.45, 7) is 6.23. The molecular weight excluding hydrogens is 1130 g/mol. The molecule has 7 rings (SSSR count). The maximum absolute atomic E-state index is 13.2. The van der Waals surface area contributed by atoms with Crippen LogP contribution in [0.3, 0.4) is 0 Å². The Bertz CT molecular complexity index is 3340. The molecule has 0 radical (unpaired) electrons. The van der Waals surface area contributed by atoms with E-state index in [2.05, 4.69) is 67.4 Å². The molecule has 1 fully saturated rings. The molecule has 6 heterocycles. The van der Waals surface area contributed by atoms with Gasteiger partial charge in [-0.05, 0) is 11.6 Å². The summed E-state index contributed by atoms with van der Waals surface area (Å²) in [5, 5.41) is 21.1. The topological polar surface area (TPSA) is 369 Å². The number of nitrogens with one attached hydrogen (secondary N) is 8. The first-order chi connectivity index (χ1) is 41.9. The number of aromatic nitrogens is 9. The predicted octanol–water partition coefficient (Wildman–Crippen LogP) is 0.221. The molecule has 32 heteroatoms. The van der Waals surface area contributed by atoms with Crippen molar-refractivity contribution < 1.29 is 62.1 Å². The van der Waals surface area contributed by atoms with Crippen molar-refractivity contribution in [2.24, 2.45) is 35.2 Å². The van der Waals surface area contributed by atoms with Crippen molar-refractivity contribution in [1.29, 1.82) is 0 Å². The normalized spacial score (nSPS) is 12.3. The van der Waals surface area contributed by atoms with Gasteiger partial charge in [0.1, 0.15) is 12.3 Å². The lowest BCUT2D eigenvalue weighted by Crippen LogP contribution is -2.49. The van der Waals surface area contributed by atoms with Gasteiger partial charge in [0.15, 0.2) is 23.3 Å². The first kappa shape index (κ1) is 64.8. The highest BCUT2D eigenvalue weighted by atomic mass is 16.6. The second kappa shape index (κ2) is 32.5. The summed E-state index contributed by atoms with van der Waals surface area (Å²) in [5.41, 5.74) is 1.57. The number of piperazine rings is 1. The summed E-state index contributed by atoms with van der Waals surface area (Å²) in [7, 11) is 7.96. The van der Waals surface area contributed by atoms with E-state index >= 15 is 0 Å². The molecule has 0 bridgehead atoms. The fourth-order valence-electron chi connectivity index (χ4n) is 8.59. The van der Waals surface area contributed by atoms with Gasteiger partial charge < -0.3 is 89.2 Å². The van der Waals surface area contributed by atoms with Gasteiger partial charge in [-0.2, -0.15) is 0 Å². The van der Waals surface area contributed by atoms with Crippen LogP contribution in [0.2, 0.25) is 0 Å². The van der Waals surface area contributed by atoms with Crippen molar-refractivity contribution in [3.63, 3.8) is 0 Å². The maximum atomic E-state index is 13.2. The SMILES string of the molecule is Cn1cc(NC(=O)c2nccn2C)cc1C(=O)NCCC(=O)Nc1cn(C)c(C(=O)Nc2cn(C)c(C(=O)NCCC(=O)Nc3cn(C)c(C(=O)NCCC(=O)NCCOCCOCCOCCN4CCN(C(=O)OCc5ccccc5)CC4)n3)n2)n1. The van der Waals surface area contributed by atoms with Crippen molar-refractivity contribution in [3.8, 4) is 0 Å². The van der Waals surface area contributed by atoms with E-state index in [0.29, 0.717) is 51.8 Å². The van der Waals surface area contributed by atoms with Crippen LogP contribution >= 0.6 is 0 Å². The van der Waals surface area contributed by atoms with Crippen molar-refractivity contribution in [3.05, 3.63) is 108 Å². The van der Waals surface area contributed by atoms with Gasteiger partial charge in [-0.25, -0.2) is 24.7 Å². The van der Waals surface area contributed by atoms with Gasteiger partial charge in [0.25, 0.3) is 29.5 Å². The number of carbonyl (C=O) groups is 9. The smallest absolute Gasteiger partial charge is 0.410 e. The number of ether oxygens (including phenoxy) is 4. The lowest BCUT2D eigenvalue weighted by molar-refractivity contribution is -0.121. The Balaban J connectivity index is 0.689. The molecular formula is C55H73N19O13. The van der Waals surface area contributed by atoms with Gasteiger partial charge in [0.2, 0.25) is 35.2 Å². The first-order valence-corrected chi connectivity index (χ1v) is 27.9. The largest absolute Gasteiger partial charge is 0.445 e. The molecule has 8 N–H and O–H groups in total. The summed E-state index contributed by atoms with van der Waals surface area (Å²) in [6.07, 6.45) is 8.36. The number of hydrogen-bond acceptors (Lipinski definition) is 18. The minimum Gasteiger partial charge on any atom is -0.445 e.